The SMILES string of the molecule is Cc1ccc(C(=O)N/C(=C\c2cccs2)C(=O)N[C@H]2C[C@H]3CC[C@@H]2C3)cc1. The highest BCUT2D eigenvalue weighted by Gasteiger charge is 2.40. The van der Waals surface area contributed by atoms with Crippen molar-refractivity contribution in [2.75, 3.05) is 0 Å². The maximum atomic E-state index is 12.9. The third-order valence-electron chi connectivity index (χ3n) is 5.69. The Hall–Kier alpha value is -2.40. The van der Waals surface area contributed by atoms with E-state index >= 15 is 0 Å². The lowest BCUT2D eigenvalue weighted by Gasteiger charge is -2.23. The van der Waals surface area contributed by atoms with E-state index in [-0.39, 0.29) is 17.9 Å². The Kier molecular flexibility index (Phi) is 5.12. The van der Waals surface area contributed by atoms with Gasteiger partial charge < -0.3 is 10.6 Å². The second-order valence-electron chi connectivity index (χ2n) is 7.65. The van der Waals surface area contributed by atoms with E-state index < -0.39 is 0 Å². The van der Waals surface area contributed by atoms with E-state index in [1.807, 2.05) is 36.6 Å². The monoisotopic (exact) mass is 380 g/mol. The largest absolute Gasteiger partial charge is 0.348 e. The second kappa shape index (κ2) is 7.69. The molecule has 1 heterocycles. The lowest BCUT2D eigenvalue weighted by atomic mass is 9.95. The highest BCUT2D eigenvalue weighted by Crippen LogP contribution is 2.44. The summed E-state index contributed by atoms with van der Waals surface area (Å²) in [4.78, 5) is 26.5. The molecule has 27 heavy (non-hydrogen) atoms. The number of fused-ring (bicyclic) bond motifs is 2. The average molecular weight is 381 g/mol. The molecule has 2 aliphatic rings. The van der Waals surface area contributed by atoms with Gasteiger partial charge in [0.05, 0.1) is 0 Å². The van der Waals surface area contributed by atoms with Crippen LogP contribution < -0.4 is 10.6 Å². The Morgan fingerprint density at radius 2 is 1.93 bits per heavy atom. The van der Waals surface area contributed by atoms with Gasteiger partial charge in [0.1, 0.15) is 5.70 Å². The predicted molar refractivity (Wildman–Crippen MR) is 108 cm³/mol. The molecule has 2 aliphatic carbocycles. The first kappa shape index (κ1) is 18.0. The van der Waals surface area contributed by atoms with Gasteiger partial charge in [-0.15, -0.1) is 11.3 Å². The van der Waals surface area contributed by atoms with E-state index in [1.165, 1.54) is 19.3 Å². The number of hydrogen-bond acceptors (Lipinski definition) is 3. The van der Waals surface area contributed by atoms with Crippen LogP contribution in [-0.4, -0.2) is 17.9 Å². The molecule has 0 aliphatic heterocycles. The molecule has 4 nitrogen and oxygen atoms in total. The maximum absolute atomic E-state index is 12.9. The zero-order valence-corrected chi connectivity index (χ0v) is 16.2. The lowest BCUT2D eigenvalue weighted by Crippen LogP contribution is -2.42. The van der Waals surface area contributed by atoms with Gasteiger partial charge in [-0.2, -0.15) is 0 Å². The number of carbonyl (C=O) groups excluding carboxylic acids is 2. The predicted octanol–water partition coefficient (Wildman–Crippen LogP) is 4.13. The van der Waals surface area contributed by atoms with E-state index in [0.717, 1.165) is 22.8 Å². The Morgan fingerprint density at radius 1 is 1.11 bits per heavy atom. The number of carbonyl (C=O) groups is 2. The molecule has 2 saturated carbocycles. The molecule has 5 heteroatoms. The Balaban J connectivity index is 1.51. The van der Waals surface area contributed by atoms with E-state index in [4.69, 9.17) is 0 Å². The average Bonchev–Trinajstić information content (AvgIpc) is 3.40. The number of hydrogen-bond donors (Lipinski definition) is 2. The smallest absolute Gasteiger partial charge is 0.268 e. The van der Waals surface area contributed by atoms with Crippen molar-refractivity contribution in [3.8, 4) is 0 Å². The summed E-state index contributed by atoms with van der Waals surface area (Å²) in [6.45, 7) is 1.98. The van der Waals surface area contributed by atoms with Gasteiger partial charge in [0.15, 0.2) is 0 Å². The zero-order valence-electron chi connectivity index (χ0n) is 15.4. The van der Waals surface area contributed by atoms with Crippen LogP contribution in [0.15, 0.2) is 47.5 Å². The Labute approximate surface area is 163 Å². The molecule has 1 aromatic heterocycles. The first-order valence-corrected chi connectivity index (χ1v) is 10.4. The van der Waals surface area contributed by atoms with Crippen LogP contribution in [0, 0.1) is 18.8 Å². The van der Waals surface area contributed by atoms with Gasteiger partial charge >= 0.3 is 0 Å². The molecular formula is C22H24N2O2S. The fraction of sp³-hybridized carbons (Fsp3) is 0.364. The van der Waals surface area contributed by atoms with Gasteiger partial charge in [-0.05, 0) is 67.7 Å². The minimum Gasteiger partial charge on any atom is -0.348 e. The summed E-state index contributed by atoms with van der Waals surface area (Å²) in [6.07, 6.45) is 6.55. The molecule has 0 radical (unpaired) electrons. The van der Waals surface area contributed by atoms with Crippen molar-refractivity contribution in [3.05, 3.63) is 63.5 Å². The van der Waals surface area contributed by atoms with Gasteiger partial charge in [-0.1, -0.05) is 30.2 Å². The fourth-order valence-electron chi connectivity index (χ4n) is 4.24. The third-order valence-corrected chi connectivity index (χ3v) is 6.51. The molecule has 2 N–H and O–H groups in total. The van der Waals surface area contributed by atoms with Crippen molar-refractivity contribution in [2.45, 2.75) is 38.6 Å². The van der Waals surface area contributed by atoms with Crippen LogP contribution in [0.5, 0.6) is 0 Å². The summed E-state index contributed by atoms with van der Waals surface area (Å²) >= 11 is 1.54. The molecule has 140 valence electrons. The quantitative estimate of drug-likeness (QED) is 0.766. The molecule has 4 rings (SSSR count). The minimum absolute atomic E-state index is 0.193. The van der Waals surface area contributed by atoms with Crippen LogP contribution >= 0.6 is 11.3 Å². The van der Waals surface area contributed by atoms with Gasteiger partial charge in [0.25, 0.3) is 11.8 Å². The van der Waals surface area contributed by atoms with Gasteiger partial charge in [-0.25, -0.2) is 0 Å². The molecule has 0 spiro atoms. The Bertz CT molecular complexity index is 855. The molecule has 2 fully saturated rings. The molecular weight excluding hydrogens is 356 g/mol. The Morgan fingerprint density at radius 3 is 2.56 bits per heavy atom. The normalized spacial score (nSPS) is 24.0. The minimum atomic E-state index is -0.263. The topological polar surface area (TPSA) is 58.2 Å². The number of thiophene rings is 1. The van der Waals surface area contributed by atoms with Gasteiger partial charge in [0.2, 0.25) is 0 Å². The van der Waals surface area contributed by atoms with Crippen LogP contribution in [0.1, 0.15) is 46.5 Å². The van der Waals surface area contributed by atoms with Crippen LogP contribution in [0.2, 0.25) is 0 Å². The summed E-state index contributed by atoms with van der Waals surface area (Å²) in [5, 5.41) is 7.95. The first-order valence-electron chi connectivity index (χ1n) is 9.52. The molecule has 0 saturated heterocycles. The van der Waals surface area contributed by atoms with Crippen molar-refractivity contribution in [1.29, 1.82) is 0 Å². The van der Waals surface area contributed by atoms with Crippen molar-refractivity contribution in [3.63, 3.8) is 0 Å². The molecule has 2 aromatic rings. The van der Waals surface area contributed by atoms with E-state index in [9.17, 15) is 9.59 Å². The number of rotatable bonds is 5. The highest BCUT2D eigenvalue weighted by atomic mass is 32.1. The zero-order chi connectivity index (χ0) is 18.8. The lowest BCUT2D eigenvalue weighted by molar-refractivity contribution is -0.118. The number of nitrogens with one attached hydrogen (secondary N) is 2. The fourth-order valence-corrected chi connectivity index (χ4v) is 4.90. The summed E-state index contributed by atoms with van der Waals surface area (Å²) in [5.74, 6) is 0.893. The van der Waals surface area contributed by atoms with Gasteiger partial charge in [-0.3, -0.25) is 9.59 Å². The number of benzene rings is 1. The summed E-state index contributed by atoms with van der Waals surface area (Å²) in [7, 11) is 0. The van der Waals surface area contributed by atoms with Crippen molar-refractivity contribution in [2.24, 2.45) is 11.8 Å². The van der Waals surface area contributed by atoms with Crippen molar-refractivity contribution >= 4 is 29.2 Å². The first-order chi connectivity index (χ1) is 13.1. The van der Waals surface area contributed by atoms with Crippen LogP contribution in [0.3, 0.4) is 0 Å². The molecule has 3 atom stereocenters. The molecule has 2 amide bonds. The van der Waals surface area contributed by atoms with Crippen LogP contribution in [0.4, 0.5) is 0 Å². The maximum Gasteiger partial charge on any atom is 0.268 e. The second-order valence-corrected chi connectivity index (χ2v) is 8.63. The summed E-state index contributed by atoms with van der Waals surface area (Å²) < 4.78 is 0. The van der Waals surface area contributed by atoms with Gasteiger partial charge in [0, 0.05) is 16.5 Å². The summed E-state index contributed by atoms with van der Waals surface area (Å²) in [5.41, 5.74) is 1.95. The van der Waals surface area contributed by atoms with Crippen molar-refractivity contribution < 1.29 is 9.59 Å². The number of aryl methyl sites for hydroxylation is 1. The summed E-state index contributed by atoms with van der Waals surface area (Å²) in [6, 6.07) is 11.5. The molecule has 1 aromatic carbocycles. The highest BCUT2D eigenvalue weighted by molar-refractivity contribution is 7.10. The van der Waals surface area contributed by atoms with Crippen LogP contribution in [0.25, 0.3) is 6.08 Å². The van der Waals surface area contributed by atoms with Crippen LogP contribution in [-0.2, 0) is 4.79 Å². The number of amides is 2. The molecule has 0 unspecified atom stereocenters. The third kappa shape index (κ3) is 4.14. The standard InChI is InChI=1S/C22H24N2O2S/c1-14-4-7-16(8-5-14)21(25)24-20(13-18-3-2-10-27-18)22(26)23-19-12-15-6-9-17(19)11-15/h2-5,7-8,10,13,15,17,19H,6,9,11-12H2,1H3,(H,23,26)(H,24,25)/b20-13-/t15-,17+,19-/m0/s1. The molecule has 2 bridgehead atoms. The van der Waals surface area contributed by atoms with E-state index in [2.05, 4.69) is 10.6 Å². The van der Waals surface area contributed by atoms with E-state index in [1.54, 1.807) is 29.5 Å². The van der Waals surface area contributed by atoms with E-state index in [0.29, 0.717) is 17.2 Å². The van der Waals surface area contributed by atoms with Crippen molar-refractivity contribution in [1.82, 2.24) is 10.6 Å².